The molecule has 1 N–H and O–H groups in total. The van der Waals surface area contributed by atoms with Gasteiger partial charge in [0.2, 0.25) is 0 Å². The van der Waals surface area contributed by atoms with Crippen LogP contribution in [-0.2, 0) is 0 Å². The zero-order valence-corrected chi connectivity index (χ0v) is 11.7. The molecule has 94 valence electrons. The largest absolute Gasteiger partial charge is 0.314 e. The van der Waals surface area contributed by atoms with Gasteiger partial charge in [-0.25, -0.2) is 0 Å². The molecule has 0 radical (unpaired) electrons. The van der Waals surface area contributed by atoms with Gasteiger partial charge in [0.15, 0.2) is 0 Å². The van der Waals surface area contributed by atoms with E-state index in [1.54, 1.807) is 0 Å². The topological polar surface area (TPSA) is 12.0 Å². The van der Waals surface area contributed by atoms with E-state index < -0.39 is 0 Å². The Hall–Kier alpha value is -0.470. The molecular formula is C15H23NS. The van der Waals surface area contributed by atoms with Crippen molar-refractivity contribution in [3.63, 3.8) is 0 Å². The van der Waals surface area contributed by atoms with E-state index in [0.29, 0.717) is 11.5 Å². The van der Waals surface area contributed by atoms with Crippen molar-refractivity contribution in [3.05, 3.63) is 30.3 Å². The molecule has 1 aromatic rings. The maximum Gasteiger partial charge on any atom is 0.00953 e. The molecule has 0 aliphatic heterocycles. The van der Waals surface area contributed by atoms with E-state index >= 15 is 0 Å². The van der Waals surface area contributed by atoms with Crippen molar-refractivity contribution in [2.24, 2.45) is 5.41 Å². The van der Waals surface area contributed by atoms with Crippen LogP contribution in [0.25, 0.3) is 0 Å². The van der Waals surface area contributed by atoms with Gasteiger partial charge in [-0.3, -0.25) is 0 Å². The molecule has 0 aromatic heterocycles. The fraction of sp³-hybridized carbons (Fsp3) is 0.600. The summed E-state index contributed by atoms with van der Waals surface area (Å²) in [6.07, 6.45) is 4.17. The predicted molar refractivity (Wildman–Crippen MR) is 76.6 cm³/mol. The molecule has 0 bridgehead atoms. The zero-order chi connectivity index (χ0) is 12.1. The van der Waals surface area contributed by atoms with Gasteiger partial charge in [0.1, 0.15) is 0 Å². The highest BCUT2D eigenvalue weighted by molar-refractivity contribution is 7.99. The van der Waals surface area contributed by atoms with E-state index in [1.165, 1.54) is 29.9 Å². The smallest absolute Gasteiger partial charge is 0.00953 e. The third-order valence-corrected chi connectivity index (χ3v) is 4.95. The van der Waals surface area contributed by atoms with Crippen molar-refractivity contribution in [3.8, 4) is 0 Å². The van der Waals surface area contributed by atoms with Gasteiger partial charge in [0.25, 0.3) is 0 Å². The monoisotopic (exact) mass is 249 g/mol. The Morgan fingerprint density at radius 2 is 2.00 bits per heavy atom. The van der Waals surface area contributed by atoms with Crippen molar-refractivity contribution in [1.82, 2.24) is 5.32 Å². The summed E-state index contributed by atoms with van der Waals surface area (Å²) in [6.45, 7) is 5.64. The van der Waals surface area contributed by atoms with Crippen LogP contribution in [0, 0.1) is 5.41 Å². The van der Waals surface area contributed by atoms with Crippen LogP contribution in [-0.4, -0.2) is 18.3 Å². The number of hydrogen-bond donors (Lipinski definition) is 1. The lowest BCUT2D eigenvalue weighted by Crippen LogP contribution is -2.35. The molecule has 0 heterocycles. The van der Waals surface area contributed by atoms with Crippen molar-refractivity contribution in [2.45, 2.75) is 44.0 Å². The number of thioether (sulfide) groups is 1. The van der Waals surface area contributed by atoms with Crippen LogP contribution in [0.15, 0.2) is 35.2 Å². The second-order valence-electron chi connectivity index (χ2n) is 5.05. The fourth-order valence-electron chi connectivity index (χ4n) is 2.47. The molecule has 1 aliphatic carbocycles. The Bertz CT molecular complexity index is 332. The molecule has 0 spiro atoms. The average molecular weight is 249 g/mol. The third-order valence-electron chi connectivity index (χ3n) is 3.93. The van der Waals surface area contributed by atoms with E-state index in [-0.39, 0.29) is 0 Å². The Morgan fingerprint density at radius 3 is 2.59 bits per heavy atom. The summed E-state index contributed by atoms with van der Waals surface area (Å²) in [5, 5.41) is 3.59. The highest BCUT2D eigenvalue weighted by atomic mass is 32.2. The first-order valence-corrected chi connectivity index (χ1v) is 7.67. The normalized spacial score (nSPS) is 18.9. The van der Waals surface area contributed by atoms with Gasteiger partial charge in [-0.2, -0.15) is 0 Å². The molecule has 0 amide bonds. The third kappa shape index (κ3) is 3.49. The summed E-state index contributed by atoms with van der Waals surface area (Å²) in [7, 11) is 0. The average Bonchev–Trinajstić information content (AvgIpc) is 3.12. The van der Waals surface area contributed by atoms with Crippen LogP contribution in [0.4, 0.5) is 0 Å². The van der Waals surface area contributed by atoms with Crippen LogP contribution in [0.5, 0.6) is 0 Å². The molecule has 1 unspecified atom stereocenters. The van der Waals surface area contributed by atoms with Crippen molar-refractivity contribution in [2.75, 3.05) is 12.3 Å². The van der Waals surface area contributed by atoms with Crippen molar-refractivity contribution >= 4 is 11.8 Å². The minimum Gasteiger partial charge on any atom is -0.314 e. The van der Waals surface area contributed by atoms with Gasteiger partial charge < -0.3 is 5.32 Å². The van der Waals surface area contributed by atoms with E-state index in [2.05, 4.69) is 49.5 Å². The zero-order valence-electron chi connectivity index (χ0n) is 10.9. The molecule has 0 saturated heterocycles. The summed E-state index contributed by atoms with van der Waals surface area (Å²) in [5.74, 6) is 1.25. The van der Waals surface area contributed by atoms with E-state index in [4.69, 9.17) is 0 Å². The molecule has 2 heteroatoms. The van der Waals surface area contributed by atoms with Crippen molar-refractivity contribution < 1.29 is 0 Å². The van der Waals surface area contributed by atoms with Gasteiger partial charge in [0, 0.05) is 10.9 Å². The Balaban J connectivity index is 1.75. The quantitative estimate of drug-likeness (QED) is 0.734. The van der Waals surface area contributed by atoms with Crippen LogP contribution in [0.1, 0.15) is 33.1 Å². The standard InChI is InChI=1S/C15H23NS/c1-3-16-13(2)15(9-10-15)11-12-17-14-7-5-4-6-8-14/h4-8,13,16H,3,9-12H2,1-2H3. The number of benzene rings is 1. The molecule has 1 saturated carbocycles. The van der Waals surface area contributed by atoms with Crippen LogP contribution in [0.3, 0.4) is 0 Å². The van der Waals surface area contributed by atoms with Gasteiger partial charge in [-0.15, -0.1) is 11.8 Å². The maximum absolute atomic E-state index is 3.59. The second-order valence-corrected chi connectivity index (χ2v) is 6.22. The highest BCUT2D eigenvalue weighted by Gasteiger charge is 2.46. The van der Waals surface area contributed by atoms with Gasteiger partial charge >= 0.3 is 0 Å². The molecule has 2 rings (SSSR count). The van der Waals surface area contributed by atoms with Crippen molar-refractivity contribution in [1.29, 1.82) is 0 Å². The molecule has 1 aliphatic rings. The second kappa shape index (κ2) is 5.92. The molecule has 1 fully saturated rings. The van der Waals surface area contributed by atoms with E-state index in [9.17, 15) is 0 Å². The summed E-state index contributed by atoms with van der Waals surface area (Å²) in [6, 6.07) is 11.4. The Morgan fingerprint density at radius 1 is 1.29 bits per heavy atom. The molecular weight excluding hydrogens is 226 g/mol. The van der Waals surface area contributed by atoms with Crippen LogP contribution in [0.2, 0.25) is 0 Å². The van der Waals surface area contributed by atoms with Gasteiger partial charge in [0.05, 0.1) is 0 Å². The predicted octanol–water partition coefficient (Wildman–Crippen LogP) is 3.95. The van der Waals surface area contributed by atoms with Crippen LogP contribution >= 0.6 is 11.8 Å². The molecule has 1 atom stereocenters. The van der Waals surface area contributed by atoms with E-state index in [1.807, 2.05) is 11.8 Å². The molecule has 1 nitrogen and oxygen atoms in total. The van der Waals surface area contributed by atoms with Crippen LogP contribution < -0.4 is 5.32 Å². The molecule has 17 heavy (non-hydrogen) atoms. The Kier molecular flexibility index (Phi) is 4.52. The fourth-order valence-corrected chi connectivity index (χ4v) is 3.57. The lowest BCUT2D eigenvalue weighted by molar-refractivity contribution is 0.350. The first-order valence-electron chi connectivity index (χ1n) is 6.68. The minimum atomic E-state index is 0.609. The molecule has 1 aromatic carbocycles. The maximum atomic E-state index is 3.59. The minimum absolute atomic E-state index is 0.609. The summed E-state index contributed by atoms with van der Waals surface area (Å²) >= 11 is 2.00. The van der Waals surface area contributed by atoms with Gasteiger partial charge in [-0.05, 0) is 56.0 Å². The number of hydrogen-bond acceptors (Lipinski definition) is 2. The summed E-state index contributed by atoms with van der Waals surface area (Å²) < 4.78 is 0. The highest BCUT2D eigenvalue weighted by Crippen LogP contribution is 2.52. The first-order chi connectivity index (χ1) is 8.27. The Labute approximate surface area is 109 Å². The first kappa shape index (κ1) is 13.0. The lowest BCUT2D eigenvalue weighted by Gasteiger charge is -2.24. The lowest BCUT2D eigenvalue weighted by atomic mass is 9.95. The summed E-state index contributed by atoms with van der Waals surface area (Å²) in [5.41, 5.74) is 0.609. The van der Waals surface area contributed by atoms with Gasteiger partial charge in [-0.1, -0.05) is 25.1 Å². The SMILES string of the molecule is CCNC(C)C1(CCSc2ccccc2)CC1. The van der Waals surface area contributed by atoms with E-state index in [0.717, 1.165) is 6.54 Å². The summed E-state index contributed by atoms with van der Waals surface area (Å²) in [4.78, 5) is 1.40. The number of nitrogens with one attached hydrogen (secondary N) is 1. The number of rotatable bonds is 7.